The van der Waals surface area contributed by atoms with E-state index in [9.17, 15) is 4.79 Å². The fourth-order valence-electron chi connectivity index (χ4n) is 0.947. The van der Waals surface area contributed by atoms with Gasteiger partial charge in [0.1, 0.15) is 6.61 Å². The molecule has 0 saturated carbocycles. The third-order valence-electron chi connectivity index (χ3n) is 1.79. The second-order valence-corrected chi connectivity index (χ2v) is 4.00. The number of carbonyl (C=O) groups is 1. The van der Waals surface area contributed by atoms with Crippen LogP contribution in [0, 0.1) is 11.3 Å². The monoisotopic (exact) mass is 224 g/mol. The van der Waals surface area contributed by atoms with Gasteiger partial charge in [-0.3, -0.25) is 0 Å². The molecule has 0 N–H and O–H groups in total. The number of carbonyl (C=O) groups excluding carboxylic acids is 1. The largest absolute Gasteiger partial charge is 0.444 e. The van der Waals surface area contributed by atoms with Crippen LogP contribution in [0.2, 0.25) is 0 Å². The minimum Gasteiger partial charge on any atom is -0.444 e. The first-order chi connectivity index (χ1) is 7.24. The fourth-order valence-corrected chi connectivity index (χ4v) is 1.56. The number of nitrogens with zero attached hydrogens (tertiary/aromatic N) is 2. The van der Waals surface area contributed by atoms with E-state index in [0.717, 1.165) is 4.88 Å². The van der Waals surface area contributed by atoms with Gasteiger partial charge >= 0.3 is 6.09 Å². The van der Waals surface area contributed by atoms with Crippen LogP contribution in [0.5, 0.6) is 0 Å². The molecule has 0 fully saturated rings. The van der Waals surface area contributed by atoms with Gasteiger partial charge in [-0.15, -0.1) is 11.3 Å². The Morgan fingerprint density at radius 1 is 1.73 bits per heavy atom. The van der Waals surface area contributed by atoms with Crippen molar-refractivity contribution >= 4 is 17.4 Å². The zero-order valence-corrected chi connectivity index (χ0v) is 9.29. The van der Waals surface area contributed by atoms with Gasteiger partial charge in [0.15, 0.2) is 0 Å². The summed E-state index contributed by atoms with van der Waals surface area (Å²) in [6.45, 7) is 0.702. The van der Waals surface area contributed by atoms with Crippen LogP contribution >= 0.6 is 11.3 Å². The van der Waals surface area contributed by atoms with Crippen molar-refractivity contribution in [1.82, 2.24) is 4.90 Å². The highest BCUT2D eigenvalue weighted by atomic mass is 32.1. The van der Waals surface area contributed by atoms with Crippen LogP contribution in [0.15, 0.2) is 17.5 Å². The van der Waals surface area contributed by atoms with Crippen LogP contribution in [-0.2, 0) is 11.3 Å². The van der Waals surface area contributed by atoms with Crippen molar-refractivity contribution in [2.45, 2.75) is 13.0 Å². The van der Waals surface area contributed by atoms with Crippen LogP contribution in [0.25, 0.3) is 0 Å². The van der Waals surface area contributed by atoms with Crippen LogP contribution in [0.3, 0.4) is 0 Å². The van der Waals surface area contributed by atoms with E-state index in [2.05, 4.69) is 0 Å². The van der Waals surface area contributed by atoms with Crippen molar-refractivity contribution in [3.63, 3.8) is 0 Å². The first-order valence-electron chi connectivity index (χ1n) is 4.51. The average Bonchev–Trinajstić information content (AvgIpc) is 2.75. The lowest BCUT2D eigenvalue weighted by atomic mass is 10.4. The Labute approximate surface area is 92.7 Å². The SMILES string of the molecule is CN(CCC#N)C(=O)OCc1cccs1. The number of thiophene rings is 1. The van der Waals surface area contributed by atoms with E-state index in [-0.39, 0.29) is 0 Å². The number of amides is 1. The van der Waals surface area contributed by atoms with Crippen molar-refractivity contribution in [2.75, 3.05) is 13.6 Å². The van der Waals surface area contributed by atoms with Crippen molar-refractivity contribution < 1.29 is 9.53 Å². The van der Waals surface area contributed by atoms with Crippen molar-refractivity contribution in [3.8, 4) is 6.07 Å². The van der Waals surface area contributed by atoms with Crippen LogP contribution < -0.4 is 0 Å². The summed E-state index contributed by atoms with van der Waals surface area (Å²) in [5.74, 6) is 0. The molecule has 4 nitrogen and oxygen atoms in total. The first kappa shape index (κ1) is 11.5. The summed E-state index contributed by atoms with van der Waals surface area (Å²) in [6.07, 6.45) is -0.0661. The van der Waals surface area contributed by atoms with E-state index >= 15 is 0 Å². The van der Waals surface area contributed by atoms with Crippen LogP contribution in [-0.4, -0.2) is 24.6 Å². The molecule has 0 saturated heterocycles. The van der Waals surface area contributed by atoms with E-state index in [4.69, 9.17) is 10.00 Å². The summed E-state index contributed by atoms with van der Waals surface area (Å²) < 4.78 is 5.03. The third-order valence-corrected chi connectivity index (χ3v) is 2.64. The maximum atomic E-state index is 11.3. The Balaban J connectivity index is 2.27. The fraction of sp³-hybridized carbons (Fsp3) is 0.400. The van der Waals surface area contributed by atoms with Gasteiger partial charge in [-0.2, -0.15) is 5.26 Å². The normalized spacial score (nSPS) is 9.33. The van der Waals surface area contributed by atoms with E-state index in [1.165, 1.54) is 4.90 Å². The number of nitriles is 1. The molecule has 0 atom stereocenters. The number of hydrogen-bond donors (Lipinski definition) is 0. The predicted octanol–water partition coefficient (Wildman–Crippen LogP) is 2.23. The quantitative estimate of drug-likeness (QED) is 0.788. The lowest BCUT2D eigenvalue weighted by Crippen LogP contribution is -2.28. The summed E-state index contributed by atoms with van der Waals surface area (Å²) in [5, 5.41) is 10.3. The molecule has 0 aliphatic carbocycles. The highest BCUT2D eigenvalue weighted by Gasteiger charge is 2.09. The maximum Gasteiger partial charge on any atom is 0.409 e. The maximum absolute atomic E-state index is 11.3. The summed E-state index contributed by atoms with van der Waals surface area (Å²) in [6, 6.07) is 5.80. The molecule has 15 heavy (non-hydrogen) atoms. The van der Waals surface area contributed by atoms with Gasteiger partial charge in [-0.1, -0.05) is 6.07 Å². The molecule has 0 bridgehead atoms. The minimum absolute atomic E-state index is 0.299. The van der Waals surface area contributed by atoms with Crippen LogP contribution in [0.4, 0.5) is 4.79 Å². The molecule has 1 aromatic rings. The van der Waals surface area contributed by atoms with E-state index in [0.29, 0.717) is 19.6 Å². The zero-order chi connectivity index (χ0) is 11.1. The number of rotatable bonds is 4. The molecule has 1 aromatic heterocycles. The average molecular weight is 224 g/mol. The van der Waals surface area contributed by atoms with E-state index in [1.807, 2.05) is 23.6 Å². The molecule has 0 aromatic carbocycles. The summed E-state index contributed by atoms with van der Waals surface area (Å²) in [5.41, 5.74) is 0. The summed E-state index contributed by atoms with van der Waals surface area (Å²) in [4.78, 5) is 13.8. The van der Waals surface area contributed by atoms with E-state index in [1.54, 1.807) is 18.4 Å². The highest BCUT2D eigenvalue weighted by Crippen LogP contribution is 2.10. The molecule has 0 radical (unpaired) electrons. The van der Waals surface area contributed by atoms with Gasteiger partial charge < -0.3 is 9.64 Å². The molecule has 1 rings (SSSR count). The molecule has 0 aliphatic rings. The lowest BCUT2D eigenvalue weighted by molar-refractivity contribution is 0.106. The van der Waals surface area contributed by atoms with Crippen LogP contribution in [0.1, 0.15) is 11.3 Å². The molecular weight excluding hydrogens is 212 g/mol. The molecule has 80 valence electrons. The standard InChI is InChI=1S/C10H12N2O2S/c1-12(6-3-5-11)10(13)14-8-9-4-2-7-15-9/h2,4,7H,3,6,8H2,1H3. The second kappa shape index (κ2) is 6.04. The highest BCUT2D eigenvalue weighted by molar-refractivity contribution is 7.09. The van der Waals surface area contributed by atoms with E-state index < -0.39 is 6.09 Å². The van der Waals surface area contributed by atoms with Crippen molar-refractivity contribution in [3.05, 3.63) is 22.4 Å². The summed E-state index contributed by atoms with van der Waals surface area (Å²) >= 11 is 1.55. The molecule has 0 unspecified atom stereocenters. The molecule has 1 heterocycles. The van der Waals surface area contributed by atoms with Gasteiger partial charge in [-0.05, 0) is 11.4 Å². The molecule has 0 spiro atoms. The molecule has 0 aliphatic heterocycles. The number of hydrogen-bond acceptors (Lipinski definition) is 4. The summed E-state index contributed by atoms with van der Waals surface area (Å²) in [7, 11) is 1.62. The number of ether oxygens (including phenoxy) is 1. The smallest absolute Gasteiger partial charge is 0.409 e. The Morgan fingerprint density at radius 3 is 3.13 bits per heavy atom. The molecule has 1 amide bonds. The van der Waals surface area contributed by atoms with Gasteiger partial charge in [0.05, 0.1) is 12.5 Å². The van der Waals surface area contributed by atoms with Gasteiger partial charge in [0, 0.05) is 18.5 Å². The zero-order valence-electron chi connectivity index (χ0n) is 8.47. The topological polar surface area (TPSA) is 53.3 Å². The van der Waals surface area contributed by atoms with Crippen molar-refractivity contribution in [1.29, 1.82) is 5.26 Å². The van der Waals surface area contributed by atoms with Gasteiger partial charge in [0.25, 0.3) is 0 Å². The molecule has 5 heteroatoms. The Kier molecular flexibility index (Phi) is 4.64. The third kappa shape index (κ3) is 4.00. The Hall–Kier alpha value is -1.54. The van der Waals surface area contributed by atoms with Crippen molar-refractivity contribution in [2.24, 2.45) is 0 Å². The van der Waals surface area contributed by atoms with Gasteiger partial charge in [0.2, 0.25) is 0 Å². The Morgan fingerprint density at radius 2 is 2.53 bits per heavy atom. The first-order valence-corrected chi connectivity index (χ1v) is 5.39. The minimum atomic E-state index is -0.390. The van der Waals surface area contributed by atoms with Gasteiger partial charge in [-0.25, -0.2) is 4.79 Å². The Bertz CT molecular complexity index is 343. The predicted molar refractivity (Wildman–Crippen MR) is 57.4 cm³/mol. The molecular formula is C10H12N2O2S. The second-order valence-electron chi connectivity index (χ2n) is 2.96. The lowest BCUT2D eigenvalue weighted by Gasteiger charge is -2.14.